The lowest BCUT2D eigenvalue weighted by Gasteiger charge is -2.32. The second-order valence-corrected chi connectivity index (χ2v) is 8.32. The predicted molar refractivity (Wildman–Crippen MR) is 111 cm³/mol. The van der Waals surface area contributed by atoms with Crippen LogP contribution in [0.2, 0.25) is 5.28 Å². The van der Waals surface area contributed by atoms with Crippen LogP contribution >= 0.6 is 11.6 Å². The van der Waals surface area contributed by atoms with Crippen molar-refractivity contribution in [3.63, 3.8) is 0 Å². The Morgan fingerprint density at radius 1 is 1.18 bits per heavy atom. The maximum absolute atomic E-state index is 6.25. The third-order valence-electron chi connectivity index (χ3n) is 6.10. The number of rotatable bonds is 8. The molecule has 0 radical (unpaired) electrons. The van der Waals surface area contributed by atoms with E-state index in [9.17, 15) is 0 Å². The lowest BCUT2D eigenvalue weighted by molar-refractivity contribution is 0.131. The highest BCUT2D eigenvalue weighted by Crippen LogP contribution is 2.33. The summed E-state index contributed by atoms with van der Waals surface area (Å²) < 4.78 is 7.64. The first-order chi connectivity index (χ1) is 13.7. The summed E-state index contributed by atoms with van der Waals surface area (Å²) in [5.74, 6) is 1.51. The molecule has 4 rings (SSSR count). The number of ether oxygens (including phenoxy) is 1. The minimum absolute atomic E-state index is 0.278. The van der Waals surface area contributed by atoms with Gasteiger partial charge in [0.05, 0.1) is 6.33 Å². The van der Waals surface area contributed by atoms with Crippen molar-refractivity contribution >= 4 is 28.6 Å². The average molecular weight is 407 g/mol. The number of fused-ring (bicyclic) bond motifs is 1. The van der Waals surface area contributed by atoms with Gasteiger partial charge in [-0.05, 0) is 63.0 Å². The second kappa shape index (κ2) is 9.37. The van der Waals surface area contributed by atoms with Crippen LogP contribution in [0.25, 0.3) is 11.2 Å². The summed E-state index contributed by atoms with van der Waals surface area (Å²) >= 11 is 6.25. The number of halogens is 1. The van der Waals surface area contributed by atoms with Gasteiger partial charge in [0.1, 0.15) is 0 Å². The molecule has 154 valence electrons. The molecule has 1 saturated carbocycles. The zero-order chi connectivity index (χ0) is 19.3. The van der Waals surface area contributed by atoms with Crippen molar-refractivity contribution in [3.05, 3.63) is 11.6 Å². The van der Waals surface area contributed by atoms with E-state index in [-0.39, 0.29) is 5.28 Å². The van der Waals surface area contributed by atoms with Crippen molar-refractivity contribution in [1.29, 1.82) is 0 Å². The molecule has 7 nitrogen and oxygen atoms in total. The molecule has 1 aliphatic heterocycles. The number of imidazole rings is 1. The number of hydrazine groups is 1. The molecule has 1 saturated heterocycles. The van der Waals surface area contributed by atoms with E-state index in [1.54, 1.807) is 0 Å². The van der Waals surface area contributed by atoms with Gasteiger partial charge in [0, 0.05) is 32.3 Å². The van der Waals surface area contributed by atoms with E-state index < -0.39 is 0 Å². The zero-order valence-corrected chi connectivity index (χ0v) is 17.5. The fraction of sp³-hybridized carbons (Fsp3) is 0.750. The maximum atomic E-state index is 6.25. The fourth-order valence-electron chi connectivity index (χ4n) is 4.52. The Labute approximate surface area is 171 Å². The molecule has 1 aliphatic carbocycles. The third-order valence-corrected chi connectivity index (χ3v) is 6.26. The molecule has 0 atom stereocenters. The molecule has 0 aromatic carbocycles. The standard InChI is InChI=1S/C20H31ClN6O/c1-2-28-13-5-6-15-9-11-26(12-10-15)25-18-17-19(24-20(21)23-18)27(14-22-17)16-7-3-4-8-16/h14-16H,2-13H2,1H3,(H,23,24,25). The highest BCUT2D eigenvalue weighted by Gasteiger charge is 2.24. The number of hydrogen-bond donors (Lipinski definition) is 1. The minimum Gasteiger partial charge on any atom is -0.382 e. The van der Waals surface area contributed by atoms with Crippen molar-refractivity contribution in [1.82, 2.24) is 24.5 Å². The summed E-state index contributed by atoms with van der Waals surface area (Å²) in [6, 6.07) is 0.483. The predicted octanol–water partition coefficient (Wildman–Crippen LogP) is 4.45. The highest BCUT2D eigenvalue weighted by molar-refractivity contribution is 6.28. The monoisotopic (exact) mass is 406 g/mol. The Kier molecular flexibility index (Phi) is 6.65. The van der Waals surface area contributed by atoms with Crippen molar-refractivity contribution in [2.45, 2.75) is 64.3 Å². The lowest BCUT2D eigenvalue weighted by Crippen LogP contribution is -2.38. The molecule has 1 N–H and O–H groups in total. The van der Waals surface area contributed by atoms with Crippen LogP contribution in [-0.4, -0.2) is 50.8 Å². The van der Waals surface area contributed by atoms with Crippen molar-refractivity contribution in [2.24, 2.45) is 5.92 Å². The molecule has 0 unspecified atom stereocenters. The molecule has 0 spiro atoms. The van der Waals surface area contributed by atoms with Gasteiger partial charge in [0.2, 0.25) is 5.28 Å². The summed E-state index contributed by atoms with van der Waals surface area (Å²) in [6.45, 7) is 5.76. The van der Waals surface area contributed by atoms with Crippen LogP contribution in [0.5, 0.6) is 0 Å². The largest absolute Gasteiger partial charge is 0.382 e. The highest BCUT2D eigenvalue weighted by atomic mass is 35.5. The van der Waals surface area contributed by atoms with Crippen LogP contribution in [0.1, 0.15) is 64.3 Å². The maximum Gasteiger partial charge on any atom is 0.226 e. The fourth-order valence-corrected chi connectivity index (χ4v) is 4.68. The zero-order valence-electron chi connectivity index (χ0n) is 16.7. The van der Waals surface area contributed by atoms with Crippen molar-refractivity contribution < 1.29 is 4.74 Å². The molecule has 0 bridgehead atoms. The number of anilines is 1. The first-order valence-corrected chi connectivity index (χ1v) is 11.1. The van der Waals surface area contributed by atoms with Crippen LogP contribution in [0.3, 0.4) is 0 Å². The minimum atomic E-state index is 0.278. The van der Waals surface area contributed by atoms with Crippen molar-refractivity contribution in [3.8, 4) is 0 Å². The van der Waals surface area contributed by atoms with Gasteiger partial charge in [-0.1, -0.05) is 12.8 Å². The number of aromatic nitrogens is 4. The van der Waals surface area contributed by atoms with Crippen LogP contribution in [0.4, 0.5) is 5.82 Å². The van der Waals surface area contributed by atoms with E-state index in [1.165, 1.54) is 44.9 Å². The summed E-state index contributed by atoms with van der Waals surface area (Å²) in [6.07, 6.45) is 11.6. The number of hydrogen-bond acceptors (Lipinski definition) is 6. The number of nitrogens with one attached hydrogen (secondary N) is 1. The van der Waals surface area contributed by atoms with Crippen LogP contribution < -0.4 is 5.43 Å². The molecule has 2 aromatic rings. The molecule has 0 amide bonds. The SMILES string of the molecule is CCOCCCC1CCN(Nc2nc(Cl)nc3c2ncn3C2CCCC2)CC1. The Morgan fingerprint density at radius 2 is 1.96 bits per heavy atom. The van der Waals surface area contributed by atoms with E-state index in [0.717, 1.165) is 55.6 Å². The van der Waals surface area contributed by atoms with Gasteiger partial charge in [-0.15, -0.1) is 0 Å². The van der Waals surface area contributed by atoms with Gasteiger partial charge in [-0.3, -0.25) is 0 Å². The topological polar surface area (TPSA) is 68.1 Å². The lowest BCUT2D eigenvalue weighted by atomic mass is 9.93. The third kappa shape index (κ3) is 4.58. The Bertz CT molecular complexity index is 767. The molecule has 2 aliphatic rings. The Morgan fingerprint density at radius 3 is 2.71 bits per heavy atom. The Balaban J connectivity index is 1.39. The molecule has 3 heterocycles. The molecule has 8 heteroatoms. The van der Waals surface area contributed by atoms with Crippen LogP contribution in [0.15, 0.2) is 6.33 Å². The van der Waals surface area contributed by atoms with Gasteiger partial charge < -0.3 is 14.7 Å². The molecular formula is C20H31ClN6O. The second-order valence-electron chi connectivity index (χ2n) is 7.98. The van der Waals surface area contributed by atoms with Crippen LogP contribution in [0, 0.1) is 5.92 Å². The van der Waals surface area contributed by atoms with Gasteiger partial charge in [-0.2, -0.15) is 9.97 Å². The Hall–Kier alpha value is -1.44. The average Bonchev–Trinajstić information content (AvgIpc) is 3.36. The summed E-state index contributed by atoms with van der Waals surface area (Å²) in [5.41, 5.74) is 5.13. The number of nitrogens with zero attached hydrogens (tertiary/aromatic N) is 5. The van der Waals surface area contributed by atoms with E-state index in [1.807, 2.05) is 6.33 Å². The first kappa shape index (κ1) is 19.9. The van der Waals surface area contributed by atoms with Crippen LogP contribution in [-0.2, 0) is 4.74 Å². The normalized spacial score (nSPS) is 19.6. The van der Waals surface area contributed by atoms with E-state index >= 15 is 0 Å². The van der Waals surface area contributed by atoms with Gasteiger partial charge in [0.15, 0.2) is 17.0 Å². The van der Waals surface area contributed by atoms with E-state index in [2.05, 4.69) is 36.9 Å². The quantitative estimate of drug-likeness (QED) is 0.516. The number of piperidine rings is 1. The van der Waals surface area contributed by atoms with Gasteiger partial charge in [-0.25, -0.2) is 9.99 Å². The molecule has 2 fully saturated rings. The first-order valence-electron chi connectivity index (χ1n) is 10.7. The molecule has 2 aromatic heterocycles. The summed E-state index contributed by atoms with van der Waals surface area (Å²) in [4.78, 5) is 13.5. The summed E-state index contributed by atoms with van der Waals surface area (Å²) in [5, 5.41) is 2.52. The van der Waals surface area contributed by atoms with E-state index in [4.69, 9.17) is 16.3 Å². The van der Waals surface area contributed by atoms with Gasteiger partial charge >= 0.3 is 0 Å². The summed E-state index contributed by atoms with van der Waals surface area (Å²) in [7, 11) is 0. The van der Waals surface area contributed by atoms with Gasteiger partial charge in [0.25, 0.3) is 0 Å². The molecular weight excluding hydrogens is 376 g/mol. The molecule has 28 heavy (non-hydrogen) atoms. The van der Waals surface area contributed by atoms with Crippen molar-refractivity contribution in [2.75, 3.05) is 31.7 Å². The smallest absolute Gasteiger partial charge is 0.226 e. The van der Waals surface area contributed by atoms with E-state index in [0.29, 0.717) is 6.04 Å².